The second kappa shape index (κ2) is 5.66. The first kappa shape index (κ1) is 14.6. The molecule has 0 aliphatic carbocycles. The van der Waals surface area contributed by atoms with Crippen molar-refractivity contribution in [3.63, 3.8) is 0 Å². The SMILES string of the molecule is CN(Cc1ccc(C(F)(F)F)cc1)Cc1nccn1C. The Morgan fingerprint density at radius 1 is 1.15 bits per heavy atom. The van der Waals surface area contributed by atoms with E-state index in [1.807, 2.05) is 29.8 Å². The van der Waals surface area contributed by atoms with E-state index in [0.29, 0.717) is 13.1 Å². The third kappa shape index (κ3) is 3.60. The van der Waals surface area contributed by atoms with Gasteiger partial charge in [0.2, 0.25) is 0 Å². The Morgan fingerprint density at radius 3 is 2.30 bits per heavy atom. The summed E-state index contributed by atoms with van der Waals surface area (Å²) in [5, 5.41) is 0. The van der Waals surface area contributed by atoms with Gasteiger partial charge in [0, 0.05) is 26.0 Å². The van der Waals surface area contributed by atoms with Crippen molar-refractivity contribution in [1.29, 1.82) is 0 Å². The molecule has 6 heteroatoms. The maximum atomic E-state index is 12.5. The van der Waals surface area contributed by atoms with Crippen molar-refractivity contribution in [3.05, 3.63) is 53.6 Å². The molecular weight excluding hydrogens is 267 g/mol. The summed E-state index contributed by atoms with van der Waals surface area (Å²) >= 11 is 0. The molecule has 108 valence electrons. The number of aryl methyl sites for hydroxylation is 1. The molecule has 1 aromatic heterocycles. The Hall–Kier alpha value is -1.82. The van der Waals surface area contributed by atoms with Gasteiger partial charge in [-0.2, -0.15) is 13.2 Å². The zero-order chi connectivity index (χ0) is 14.8. The average Bonchev–Trinajstić information content (AvgIpc) is 2.74. The maximum Gasteiger partial charge on any atom is 0.416 e. The highest BCUT2D eigenvalue weighted by Crippen LogP contribution is 2.29. The normalized spacial score (nSPS) is 12.1. The molecule has 1 aromatic carbocycles. The standard InChI is InChI=1S/C14H16F3N3/c1-19(10-13-18-7-8-20(13)2)9-11-3-5-12(6-4-11)14(15,16)17/h3-8H,9-10H2,1-2H3. The minimum absolute atomic E-state index is 0.574. The zero-order valence-corrected chi connectivity index (χ0v) is 11.4. The molecular formula is C14H16F3N3. The minimum atomic E-state index is -4.28. The van der Waals surface area contributed by atoms with Crippen LogP contribution in [0, 0.1) is 0 Å². The van der Waals surface area contributed by atoms with Gasteiger partial charge < -0.3 is 4.57 Å². The monoisotopic (exact) mass is 283 g/mol. The number of aromatic nitrogens is 2. The quantitative estimate of drug-likeness (QED) is 0.860. The summed E-state index contributed by atoms with van der Waals surface area (Å²) in [4.78, 5) is 6.22. The van der Waals surface area contributed by atoms with Gasteiger partial charge in [0.1, 0.15) is 5.82 Å². The molecule has 0 N–H and O–H groups in total. The van der Waals surface area contributed by atoms with E-state index < -0.39 is 11.7 Å². The highest BCUT2D eigenvalue weighted by atomic mass is 19.4. The molecule has 0 aliphatic heterocycles. The molecule has 20 heavy (non-hydrogen) atoms. The van der Waals surface area contributed by atoms with Crippen molar-refractivity contribution in [1.82, 2.24) is 14.5 Å². The Labute approximate surface area is 115 Å². The van der Waals surface area contributed by atoms with Gasteiger partial charge in [-0.1, -0.05) is 12.1 Å². The second-order valence-corrected chi connectivity index (χ2v) is 4.82. The molecule has 1 heterocycles. The van der Waals surface area contributed by atoms with Crippen LogP contribution in [0.15, 0.2) is 36.7 Å². The van der Waals surface area contributed by atoms with Gasteiger partial charge >= 0.3 is 6.18 Å². The molecule has 2 rings (SSSR count). The third-order valence-electron chi connectivity index (χ3n) is 3.07. The topological polar surface area (TPSA) is 21.1 Å². The lowest BCUT2D eigenvalue weighted by Gasteiger charge is -2.17. The lowest BCUT2D eigenvalue weighted by molar-refractivity contribution is -0.137. The molecule has 0 radical (unpaired) electrons. The van der Waals surface area contributed by atoms with Gasteiger partial charge in [-0.05, 0) is 24.7 Å². The van der Waals surface area contributed by atoms with E-state index in [0.717, 1.165) is 23.5 Å². The summed E-state index contributed by atoms with van der Waals surface area (Å²) in [6.45, 7) is 1.22. The molecule has 2 aromatic rings. The molecule has 0 saturated heterocycles. The first-order valence-corrected chi connectivity index (χ1v) is 6.17. The average molecular weight is 283 g/mol. The van der Waals surface area contributed by atoms with Crippen LogP contribution in [0.3, 0.4) is 0 Å². The van der Waals surface area contributed by atoms with Gasteiger partial charge in [0.05, 0.1) is 12.1 Å². The number of nitrogens with zero attached hydrogens (tertiary/aromatic N) is 3. The fourth-order valence-corrected chi connectivity index (χ4v) is 1.96. The van der Waals surface area contributed by atoms with Crippen molar-refractivity contribution in [3.8, 4) is 0 Å². The second-order valence-electron chi connectivity index (χ2n) is 4.82. The van der Waals surface area contributed by atoms with Crippen LogP contribution in [-0.2, 0) is 26.3 Å². The van der Waals surface area contributed by atoms with E-state index >= 15 is 0 Å². The Morgan fingerprint density at radius 2 is 1.80 bits per heavy atom. The first-order valence-electron chi connectivity index (χ1n) is 6.17. The van der Waals surface area contributed by atoms with Crippen LogP contribution < -0.4 is 0 Å². The zero-order valence-electron chi connectivity index (χ0n) is 11.4. The number of hydrogen-bond donors (Lipinski definition) is 0. The summed E-state index contributed by atoms with van der Waals surface area (Å²) < 4.78 is 39.3. The van der Waals surface area contributed by atoms with E-state index in [2.05, 4.69) is 4.98 Å². The van der Waals surface area contributed by atoms with Crippen LogP contribution in [-0.4, -0.2) is 21.5 Å². The Kier molecular flexibility index (Phi) is 4.13. The molecule has 0 saturated carbocycles. The van der Waals surface area contributed by atoms with Crippen LogP contribution in [0.4, 0.5) is 13.2 Å². The minimum Gasteiger partial charge on any atom is -0.337 e. The summed E-state index contributed by atoms with van der Waals surface area (Å²) in [6, 6.07) is 5.25. The van der Waals surface area contributed by atoms with Gasteiger partial charge in [0.25, 0.3) is 0 Å². The molecule has 0 aliphatic rings. The molecule has 0 bridgehead atoms. The number of halogens is 3. The summed E-state index contributed by atoms with van der Waals surface area (Å²) in [6.07, 6.45) is -0.694. The van der Waals surface area contributed by atoms with E-state index in [1.54, 1.807) is 6.20 Å². The van der Waals surface area contributed by atoms with Crippen molar-refractivity contribution in [2.75, 3.05) is 7.05 Å². The molecule has 0 atom stereocenters. The molecule has 0 amide bonds. The van der Waals surface area contributed by atoms with Crippen LogP contribution in [0.25, 0.3) is 0 Å². The third-order valence-corrected chi connectivity index (χ3v) is 3.07. The lowest BCUT2D eigenvalue weighted by atomic mass is 10.1. The molecule has 0 unspecified atom stereocenters. The highest BCUT2D eigenvalue weighted by Gasteiger charge is 2.29. The van der Waals surface area contributed by atoms with Gasteiger partial charge in [-0.25, -0.2) is 4.98 Å². The molecule has 0 spiro atoms. The largest absolute Gasteiger partial charge is 0.416 e. The Balaban J connectivity index is 1.98. The number of benzene rings is 1. The van der Waals surface area contributed by atoms with E-state index in [4.69, 9.17) is 0 Å². The number of imidazole rings is 1. The van der Waals surface area contributed by atoms with Crippen molar-refractivity contribution in [2.24, 2.45) is 7.05 Å². The summed E-state index contributed by atoms with van der Waals surface area (Å²) in [5.74, 6) is 0.916. The van der Waals surface area contributed by atoms with Gasteiger partial charge in [0.15, 0.2) is 0 Å². The van der Waals surface area contributed by atoms with E-state index in [-0.39, 0.29) is 0 Å². The highest BCUT2D eigenvalue weighted by molar-refractivity contribution is 5.24. The van der Waals surface area contributed by atoms with Gasteiger partial charge in [-0.15, -0.1) is 0 Å². The first-order chi connectivity index (χ1) is 9.36. The fourth-order valence-electron chi connectivity index (χ4n) is 1.96. The van der Waals surface area contributed by atoms with E-state index in [1.165, 1.54) is 12.1 Å². The van der Waals surface area contributed by atoms with Crippen molar-refractivity contribution >= 4 is 0 Å². The lowest BCUT2D eigenvalue weighted by Crippen LogP contribution is -2.19. The van der Waals surface area contributed by atoms with E-state index in [9.17, 15) is 13.2 Å². The summed E-state index contributed by atoms with van der Waals surface area (Å²) in [5.41, 5.74) is 0.225. The maximum absolute atomic E-state index is 12.5. The van der Waals surface area contributed by atoms with Crippen LogP contribution >= 0.6 is 0 Å². The van der Waals surface area contributed by atoms with Crippen LogP contribution in [0.2, 0.25) is 0 Å². The Bertz CT molecular complexity index is 558. The van der Waals surface area contributed by atoms with Crippen LogP contribution in [0.5, 0.6) is 0 Å². The van der Waals surface area contributed by atoms with Crippen molar-refractivity contribution < 1.29 is 13.2 Å². The van der Waals surface area contributed by atoms with Gasteiger partial charge in [-0.3, -0.25) is 4.90 Å². The predicted octanol–water partition coefficient (Wildman–Crippen LogP) is 3.07. The number of rotatable bonds is 4. The molecule has 0 fully saturated rings. The fraction of sp³-hybridized carbons (Fsp3) is 0.357. The summed E-state index contributed by atoms with van der Waals surface area (Å²) in [7, 11) is 3.82. The van der Waals surface area contributed by atoms with Crippen LogP contribution in [0.1, 0.15) is 17.0 Å². The molecule has 3 nitrogen and oxygen atoms in total. The predicted molar refractivity (Wildman–Crippen MR) is 69.8 cm³/mol. The number of alkyl halides is 3. The van der Waals surface area contributed by atoms with Crippen molar-refractivity contribution in [2.45, 2.75) is 19.3 Å². The number of hydrogen-bond acceptors (Lipinski definition) is 2. The smallest absolute Gasteiger partial charge is 0.337 e.